The van der Waals surface area contributed by atoms with E-state index in [0.717, 1.165) is 17.7 Å². The van der Waals surface area contributed by atoms with Gasteiger partial charge in [-0.25, -0.2) is 0 Å². The summed E-state index contributed by atoms with van der Waals surface area (Å²) in [6.07, 6.45) is 1.42. The number of carbonyl (C=O) groups excluding carboxylic acids is 3. The molecule has 0 radical (unpaired) electrons. The Bertz CT molecular complexity index is 798. The average molecular weight is 337 g/mol. The van der Waals surface area contributed by atoms with E-state index in [2.05, 4.69) is 10.9 Å². The van der Waals surface area contributed by atoms with E-state index in [0.29, 0.717) is 24.1 Å². The Morgan fingerprint density at radius 2 is 1.40 bits per heavy atom. The fraction of sp³-hybridized carbons (Fsp3) is 0.211. The van der Waals surface area contributed by atoms with E-state index in [9.17, 15) is 14.4 Å². The van der Waals surface area contributed by atoms with Crippen LogP contribution in [0.3, 0.4) is 0 Å². The van der Waals surface area contributed by atoms with Crippen molar-refractivity contribution in [3.05, 3.63) is 65.2 Å². The number of anilines is 1. The van der Waals surface area contributed by atoms with E-state index in [1.165, 1.54) is 0 Å². The third-order valence-corrected chi connectivity index (χ3v) is 4.12. The molecule has 6 nitrogen and oxygen atoms in total. The molecule has 0 bridgehead atoms. The number of carbonyl (C=O) groups is 3. The van der Waals surface area contributed by atoms with Gasteiger partial charge >= 0.3 is 0 Å². The summed E-state index contributed by atoms with van der Waals surface area (Å²) in [7, 11) is 0. The van der Waals surface area contributed by atoms with Crippen LogP contribution in [0.4, 0.5) is 5.69 Å². The minimum absolute atomic E-state index is 0.0996. The maximum atomic E-state index is 12.1. The molecule has 1 aliphatic rings. The van der Waals surface area contributed by atoms with Gasteiger partial charge in [-0.2, -0.15) is 0 Å². The lowest BCUT2D eigenvalue weighted by Crippen LogP contribution is -2.41. The quantitative estimate of drug-likeness (QED) is 0.843. The highest BCUT2D eigenvalue weighted by Gasteiger charge is 2.21. The Kier molecular flexibility index (Phi) is 4.79. The Hall–Kier alpha value is -3.15. The Labute approximate surface area is 145 Å². The van der Waals surface area contributed by atoms with Gasteiger partial charge in [-0.05, 0) is 49.7 Å². The summed E-state index contributed by atoms with van der Waals surface area (Å²) in [6, 6.07) is 13.8. The number of hydrazine groups is 1. The first-order valence-corrected chi connectivity index (χ1v) is 8.12. The van der Waals surface area contributed by atoms with Gasteiger partial charge in [-0.3, -0.25) is 25.2 Å². The van der Waals surface area contributed by atoms with Crippen LogP contribution in [0.1, 0.15) is 39.1 Å². The van der Waals surface area contributed by atoms with Gasteiger partial charge in [-0.15, -0.1) is 0 Å². The first-order valence-electron chi connectivity index (χ1n) is 8.12. The molecule has 2 aromatic carbocycles. The van der Waals surface area contributed by atoms with Crippen LogP contribution in [-0.2, 0) is 4.79 Å². The highest BCUT2D eigenvalue weighted by atomic mass is 16.2. The molecule has 128 valence electrons. The normalized spacial score (nSPS) is 13.6. The molecule has 1 aliphatic heterocycles. The second kappa shape index (κ2) is 7.17. The predicted molar refractivity (Wildman–Crippen MR) is 94.1 cm³/mol. The third kappa shape index (κ3) is 3.85. The summed E-state index contributed by atoms with van der Waals surface area (Å²) in [4.78, 5) is 37.5. The zero-order valence-corrected chi connectivity index (χ0v) is 13.9. The Balaban J connectivity index is 1.58. The van der Waals surface area contributed by atoms with E-state index in [1.807, 2.05) is 19.1 Å². The molecule has 0 saturated carbocycles. The van der Waals surface area contributed by atoms with E-state index in [1.54, 1.807) is 41.3 Å². The summed E-state index contributed by atoms with van der Waals surface area (Å²) in [5.74, 6) is -0.699. The SMILES string of the molecule is Cc1ccc(C(=O)NNC(=O)c2ccc(N3CCCC3=O)cc2)cc1. The summed E-state index contributed by atoms with van der Waals surface area (Å²) in [5.41, 5.74) is 7.48. The lowest BCUT2D eigenvalue weighted by Gasteiger charge is -2.15. The lowest BCUT2D eigenvalue weighted by atomic mass is 10.1. The van der Waals surface area contributed by atoms with Gasteiger partial charge in [0, 0.05) is 29.8 Å². The highest BCUT2D eigenvalue weighted by Crippen LogP contribution is 2.21. The molecule has 1 fully saturated rings. The molecule has 0 aliphatic carbocycles. The molecule has 0 atom stereocenters. The number of rotatable bonds is 3. The van der Waals surface area contributed by atoms with Gasteiger partial charge < -0.3 is 4.90 Å². The van der Waals surface area contributed by atoms with Crippen molar-refractivity contribution in [2.45, 2.75) is 19.8 Å². The smallest absolute Gasteiger partial charge is 0.269 e. The van der Waals surface area contributed by atoms with Crippen molar-refractivity contribution in [3.8, 4) is 0 Å². The average Bonchev–Trinajstić information content (AvgIpc) is 3.06. The molecule has 0 unspecified atom stereocenters. The number of hydrogen-bond acceptors (Lipinski definition) is 3. The first kappa shape index (κ1) is 16.7. The van der Waals surface area contributed by atoms with Crippen molar-refractivity contribution in [1.29, 1.82) is 0 Å². The number of benzene rings is 2. The first-order chi connectivity index (χ1) is 12.0. The summed E-state index contributed by atoms with van der Waals surface area (Å²) < 4.78 is 0. The van der Waals surface area contributed by atoms with Crippen LogP contribution in [0, 0.1) is 6.92 Å². The number of aryl methyl sites for hydroxylation is 1. The third-order valence-electron chi connectivity index (χ3n) is 4.12. The molecule has 0 spiro atoms. The highest BCUT2D eigenvalue weighted by molar-refractivity contribution is 6.00. The number of nitrogens with zero attached hydrogens (tertiary/aromatic N) is 1. The van der Waals surface area contributed by atoms with Crippen molar-refractivity contribution in [2.75, 3.05) is 11.4 Å². The van der Waals surface area contributed by atoms with E-state index < -0.39 is 5.91 Å². The van der Waals surface area contributed by atoms with Crippen LogP contribution in [0.15, 0.2) is 48.5 Å². The number of amides is 3. The van der Waals surface area contributed by atoms with Crippen LogP contribution < -0.4 is 15.8 Å². The zero-order valence-electron chi connectivity index (χ0n) is 13.9. The van der Waals surface area contributed by atoms with Gasteiger partial charge in [0.1, 0.15) is 0 Å². The van der Waals surface area contributed by atoms with Gasteiger partial charge in [-0.1, -0.05) is 17.7 Å². The molecule has 3 amide bonds. The summed E-state index contributed by atoms with van der Waals surface area (Å²) in [5, 5.41) is 0. The number of nitrogens with one attached hydrogen (secondary N) is 2. The fourth-order valence-corrected chi connectivity index (χ4v) is 2.68. The molecule has 2 aromatic rings. The standard InChI is InChI=1S/C19H19N3O3/c1-13-4-6-14(7-5-13)18(24)20-21-19(25)15-8-10-16(11-9-15)22-12-2-3-17(22)23/h4-11H,2-3,12H2,1H3,(H,20,24)(H,21,25). The monoisotopic (exact) mass is 337 g/mol. The molecule has 6 heteroatoms. The molecule has 25 heavy (non-hydrogen) atoms. The van der Waals surface area contributed by atoms with Crippen LogP contribution in [0.25, 0.3) is 0 Å². The molecule has 2 N–H and O–H groups in total. The largest absolute Gasteiger partial charge is 0.312 e. The van der Waals surface area contributed by atoms with Gasteiger partial charge in [0.15, 0.2) is 0 Å². The van der Waals surface area contributed by atoms with Crippen molar-refractivity contribution in [3.63, 3.8) is 0 Å². The van der Waals surface area contributed by atoms with Crippen LogP contribution in [0.2, 0.25) is 0 Å². The molecule has 0 aromatic heterocycles. The molecule has 1 saturated heterocycles. The minimum atomic E-state index is -0.417. The van der Waals surface area contributed by atoms with Gasteiger partial charge in [0.2, 0.25) is 5.91 Å². The maximum Gasteiger partial charge on any atom is 0.269 e. The molecular formula is C19H19N3O3. The van der Waals surface area contributed by atoms with Crippen LogP contribution in [0.5, 0.6) is 0 Å². The van der Waals surface area contributed by atoms with Gasteiger partial charge in [0.05, 0.1) is 0 Å². The fourth-order valence-electron chi connectivity index (χ4n) is 2.68. The van der Waals surface area contributed by atoms with E-state index in [-0.39, 0.29) is 11.8 Å². The zero-order chi connectivity index (χ0) is 17.8. The van der Waals surface area contributed by atoms with Crippen molar-refractivity contribution in [1.82, 2.24) is 10.9 Å². The number of hydrogen-bond donors (Lipinski definition) is 2. The second-order valence-corrected chi connectivity index (χ2v) is 5.97. The summed E-state index contributed by atoms with van der Waals surface area (Å²) in [6.45, 7) is 2.64. The molecule has 3 rings (SSSR count). The summed E-state index contributed by atoms with van der Waals surface area (Å²) >= 11 is 0. The Morgan fingerprint density at radius 3 is 1.88 bits per heavy atom. The van der Waals surface area contributed by atoms with Crippen molar-refractivity contribution in [2.24, 2.45) is 0 Å². The van der Waals surface area contributed by atoms with Gasteiger partial charge in [0.25, 0.3) is 11.8 Å². The van der Waals surface area contributed by atoms with E-state index in [4.69, 9.17) is 0 Å². The molecule has 1 heterocycles. The maximum absolute atomic E-state index is 12.1. The van der Waals surface area contributed by atoms with Crippen molar-refractivity contribution < 1.29 is 14.4 Å². The predicted octanol–water partition coefficient (Wildman–Crippen LogP) is 2.20. The Morgan fingerprint density at radius 1 is 0.880 bits per heavy atom. The van der Waals surface area contributed by atoms with Crippen LogP contribution >= 0.6 is 0 Å². The van der Waals surface area contributed by atoms with E-state index >= 15 is 0 Å². The van der Waals surface area contributed by atoms with Crippen molar-refractivity contribution >= 4 is 23.4 Å². The topological polar surface area (TPSA) is 78.5 Å². The lowest BCUT2D eigenvalue weighted by molar-refractivity contribution is -0.117. The minimum Gasteiger partial charge on any atom is -0.312 e. The second-order valence-electron chi connectivity index (χ2n) is 5.97. The molecular weight excluding hydrogens is 318 g/mol. The van der Waals surface area contributed by atoms with Crippen LogP contribution in [-0.4, -0.2) is 24.3 Å².